The molecule has 0 aliphatic heterocycles. The average molecular weight is 976 g/mol. The maximum Gasteiger partial charge on any atom is 0.306 e. The van der Waals surface area contributed by atoms with Gasteiger partial charge in [-0.25, -0.2) is 0 Å². The Morgan fingerprint density at radius 2 is 0.557 bits per heavy atom. The molecule has 0 spiro atoms. The van der Waals surface area contributed by atoms with Crippen LogP contribution < -0.4 is 0 Å². The predicted octanol–water partition coefficient (Wildman–Crippen LogP) is 19.9. The van der Waals surface area contributed by atoms with Crippen molar-refractivity contribution in [3.05, 3.63) is 85.1 Å². The molecule has 402 valence electrons. The van der Waals surface area contributed by atoms with Crippen LogP contribution in [-0.4, -0.2) is 37.2 Å². The Balaban J connectivity index is 4.45. The summed E-state index contributed by atoms with van der Waals surface area (Å²) >= 11 is 0. The molecule has 0 aliphatic rings. The van der Waals surface area contributed by atoms with Gasteiger partial charge in [-0.05, 0) is 116 Å². The zero-order valence-electron chi connectivity index (χ0n) is 46.0. The third kappa shape index (κ3) is 55.5. The fraction of sp³-hybridized carbons (Fsp3) is 0.734. The second-order valence-corrected chi connectivity index (χ2v) is 19.5. The molecular weight excluding hydrogens is 865 g/mol. The number of carbonyl (C=O) groups excluding carboxylic acids is 3. The van der Waals surface area contributed by atoms with Crippen LogP contribution >= 0.6 is 0 Å². The quantitative estimate of drug-likeness (QED) is 0.0261. The summed E-state index contributed by atoms with van der Waals surface area (Å²) in [4.78, 5) is 38.2. The molecule has 0 aliphatic carbocycles. The van der Waals surface area contributed by atoms with Crippen molar-refractivity contribution in [2.24, 2.45) is 0 Å². The highest BCUT2D eigenvalue weighted by atomic mass is 16.6. The summed E-state index contributed by atoms with van der Waals surface area (Å²) in [5, 5.41) is 0. The molecule has 0 heterocycles. The summed E-state index contributed by atoms with van der Waals surface area (Å²) in [5.74, 6) is -0.931. The Morgan fingerprint density at radius 3 is 0.900 bits per heavy atom. The van der Waals surface area contributed by atoms with Crippen LogP contribution in [0, 0.1) is 0 Å². The molecule has 0 aromatic carbocycles. The van der Waals surface area contributed by atoms with Crippen molar-refractivity contribution >= 4 is 17.9 Å². The Labute approximate surface area is 433 Å². The molecule has 0 saturated carbocycles. The first kappa shape index (κ1) is 66.6. The molecule has 0 fully saturated rings. The first-order valence-corrected chi connectivity index (χ1v) is 29.6. The number of hydrogen-bond acceptors (Lipinski definition) is 6. The number of esters is 3. The van der Waals surface area contributed by atoms with Crippen LogP contribution in [0.25, 0.3) is 0 Å². The van der Waals surface area contributed by atoms with Crippen LogP contribution in [0.2, 0.25) is 0 Å². The van der Waals surface area contributed by atoms with Crippen molar-refractivity contribution in [3.63, 3.8) is 0 Å². The average Bonchev–Trinajstić information content (AvgIpc) is 3.36. The fourth-order valence-corrected chi connectivity index (χ4v) is 8.16. The van der Waals surface area contributed by atoms with Crippen LogP contribution in [0.15, 0.2) is 85.1 Å². The van der Waals surface area contributed by atoms with E-state index in [0.717, 1.165) is 103 Å². The van der Waals surface area contributed by atoms with Gasteiger partial charge in [0, 0.05) is 19.3 Å². The second kappa shape index (κ2) is 58.2. The Bertz CT molecular complexity index is 1350. The van der Waals surface area contributed by atoms with E-state index < -0.39 is 6.10 Å². The van der Waals surface area contributed by atoms with Crippen LogP contribution in [0.4, 0.5) is 0 Å². The molecule has 0 unspecified atom stereocenters. The number of carbonyl (C=O) groups is 3. The topological polar surface area (TPSA) is 78.9 Å². The summed E-state index contributed by atoms with van der Waals surface area (Å²) in [5.41, 5.74) is 0. The van der Waals surface area contributed by atoms with Gasteiger partial charge >= 0.3 is 17.9 Å². The fourth-order valence-electron chi connectivity index (χ4n) is 8.16. The molecule has 70 heavy (non-hydrogen) atoms. The van der Waals surface area contributed by atoms with E-state index in [9.17, 15) is 14.4 Å². The van der Waals surface area contributed by atoms with Gasteiger partial charge in [0.25, 0.3) is 0 Å². The van der Waals surface area contributed by atoms with Crippen LogP contribution in [-0.2, 0) is 28.6 Å². The third-order valence-corrected chi connectivity index (χ3v) is 12.6. The molecule has 1 atom stereocenters. The van der Waals surface area contributed by atoms with E-state index in [1.165, 1.54) is 141 Å². The van der Waals surface area contributed by atoms with Crippen molar-refractivity contribution in [1.82, 2.24) is 0 Å². The maximum atomic E-state index is 12.9. The van der Waals surface area contributed by atoms with Gasteiger partial charge in [-0.3, -0.25) is 14.4 Å². The summed E-state index contributed by atoms with van der Waals surface area (Å²) in [6, 6.07) is 0. The minimum Gasteiger partial charge on any atom is -0.462 e. The highest BCUT2D eigenvalue weighted by Crippen LogP contribution is 2.15. The number of ether oxygens (including phenoxy) is 3. The standard InChI is InChI=1S/C64H110O6/c1-4-7-10-13-16-19-22-25-28-30-32-34-36-39-42-45-48-51-54-57-63(66)69-60-61(59-68-62(65)56-53-50-47-44-41-38-27-24-21-18-15-12-9-6-3)70-64(67)58-55-52-49-46-43-40-37-35-33-31-29-26-23-20-17-14-11-8-5-2/h7,10,16,19,24-25,27-28,31-34,39,42,61H,4-6,8-9,11-15,17-18,20-23,26,29-30,35-38,40-41,43-60H2,1-3H3/b10-7-,19-16-,27-24-,28-25-,33-31-,34-32-,42-39-/t61-/m1/s1. The monoisotopic (exact) mass is 975 g/mol. The van der Waals surface area contributed by atoms with Gasteiger partial charge in [-0.2, -0.15) is 0 Å². The lowest BCUT2D eigenvalue weighted by Gasteiger charge is -2.18. The first-order valence-electron chi connectivity index (χ1n) is 29.6. The predicted molar refractivity (Wildman–Crippen MR) is 302 cm³/mol. The van der Waals surface area contributed by atoms with Gasteiger partial charge < -0.3 is 14.2 Å². The Morgan fingerprint density at radius 1 is 0.300 bits per heavy atom. The minimum atomic E-state index is -0.797. The highest BCUT2D eigenvalue weighted by molar-refractivity contribution is 5.71. The largest absolute Gasteiger partial charge is 0.462 e. The minimum absolute atomic E-state index is 0.0928. The van der Waals surface area contributed by atoms with Crippen molar-refractivity contribution in [3.8, 4) is 0 Å². The molecule has 0 bridgehead atoms. The number of unbranched alkanes of at least 4 members (excludes halogenated alkanes) is 28. The molecule has 0 saturated heterocycles. The number of hydrogen-bond donors (Lipinski definition) is 0. The Hall–Kier alpha value is -3.41. The van der Waals surface area contributed by atoms with Gasteiger partial charge in [0.2, 0.25) is 0 Å². The van der Waals surface area contributed by atoms with E-state index in [-0.39, 0.29) is 31.1 Å². The molecular formula is C64H110O6. The summed E-state index contributed by atoms with van der Waals surface area (Å²) in [6.07, 6.45) is 75.7. The van der Waals surface area contributed by atoms with Gasteiger partial charge in [-0.1, -0.05) is 234 Å². The number of rotatable bonds is 53. The third-order valence-electron chi connectivity index (χ3n) is 12.6. The van der Waals surface area contributed by atoms with Gasteiger partial charge in [0.1, 0.15) is 13.2 Å². The smallest absolute Gasteiger partial charge is 0.306 e. The molecule has 0 aromatic rings. The van der Waals surface area contributed by atoms with Crippen LogP contribution in [0.3, 0.4) is 0 Å². The number of allylic oxidation sites excluding steroid dienone is 14. The lowest BCUT2D eigenvalue weighted by Crippen LogP contribution is -2.30. The first-order chi connectivity index (χ1) is 34.5. The summed E-state index contributed by atoms with van der Waals surface area (Å²) in [7, 11) is 0. The molecule has 6 nitrogen and oxygen atoms in total. The van der Waals surface area contributed by atoms with E-state index in [0.29, 0.717) is 19.3 Å². The van der Waals surface area contributed by atoms with Gasteiger partial charge in [0.15, 0.2) is 6.10 Å². The van der Waals surface area contributed by atoms with Gasteiger partial charge in [-0.15, -0.1) is 0 Å². The van der Waals surface area contributed by atoms with E-state index >= 15 is 0 Å². The molecule has 0 radical (unpaired) electrons. The van der Waals surface area contributed by atoms with Gasteiger partial charge in [0.05, 0.1) is 0 Å². The lowest BCUT2D eigenvalue weighted by molar-refractivity contribution is -0.167. The molecule has 0 N–H and O–H groups in total. The van der Waals surface area contributed by atoms with E-state index in [4.69, 9.17) is 14.2 Å². The molecule has 0 aromatic heterocycles. The van der Waals surface area contributed by atoms with E-state index in [1.807, 2.05) is 0 Å². The zero-order valence-corrected chi connectivity index (χ0v) is 46.0. The Kier molecular flexibility index (Phi) is 55.3. The van der Waals surface area contributed by atoms with Crippen LogP contribution in [0.5, 0.6) is 0 Å². The second-order valence-electron chi connectivity index (χ2n) is 19.5. The van der Waals surface area contributed by atoms with Crippen LogP contribution in [0.1, 0.15) is 284 Å². The van der Waals surface area contributed by atoms with Crippen molar-refractivity contribution in [2.75, 3.05) is 13.2 Å². The maximum absolute atomic E-state index is 12.9. The van der Waals surface area contributed by atoms with Crippen molar-refractivity contribution in [2.45, 2.75) is 290 Å². The molecule has 0 amide bonds. The van der Waals surface area contributed by atoms with Crippen molar-refractivity contribution in [1.29, 1.82) is 0 Å². The zero-order chi connectivity index (χ0) is 50.7. The van der Waals surface area contributed by atoms with Crippen molar-refractivity contribution < 1.29 is 28.6 Å². The highest BCUT2D eigenvalue weighted by Gasteiger charge is 2.19. The molecule has 6 heteroatoms. The summed E-state index contributed by atoms with van der Waals surface area (Å²) in [6.45, 7) is 6.50. The summed E-state index contributed by atoms with van der Waals surface area (Å²) < 4.78 is 16.9. The molecule has 0 rings (SSSR count). The van der Waals surface area contributed by atoms with E-state index in [2.05, 4.69) is 106 Å². The SMILES string of the molecule is CC/C=C\C/C=C\C/C=C\C/C=C\C/C=C\CCCCCC(=O)OC[C@@H](COC(=O)CCCCCCC/C=C\CCCCCCC)OC(=O)CCCCCCCCC/C=C\CCCCCCCCCC. The lowest BCUT2D eigenvalue weighted by atomic mass is 10.1. The normalized spacial score (nSPS) is 12.7. The van der Waals surface area contributed by atoms with E-state index in [1.54, 1.807) is 0 Å².